The number of alkyl halides is 1. The van der Waals surface area contributed by atoms with E-state index in [0.717, 1.165) is 38.6 Å². The number of likely N-dealkylation sites (N-methyl/N-ethyl adjacent to an activating group) is 1. The molecule has 5 aliphatic rings. The molecule has 0 spiro atoms. The lowest BCUT2D eigenvalue weighted by molar-refractivity contribution is -0.159. The molecule has 5 unspecified atom stereocenters. The van der Waals surface area contributed by atoms with Gasteiger partial charge in [0, 0.05) is 50.7 Å². The molecule has 3 heterocycles. The van der Waals surface area contributed by atoms with Gasteiger partial charge in [0.2, 0.25) is 17.7 Å². The molecule has 3 saturated heterocycles. The SMILES string of the molecule is CC1CCC(F)C2CC(C(=O)N[C@@H]3CCC[C@H](N4CCN5C(=O)CN(C)C(=O)[C@@H]5C4)C3)NC12. The predicted molar refractivity (Wildman–Crippen MR) is 121 cm³/mol. The molecular formula is C24H38FN5O3. The molecule has 0 aromatic heterocycles. The first kappa shape index (κ1) is 23.0. The van der Waals surface area contributed by atoms with Crippen molar-refractivity contribution in [1.82, 2.24) is 25.3 Å². The van der Waals surface area contributed by atoms with Crippen LogP contribution in [0.4, 0.5) is 4.39 Å². The largest absolute Gasteiger partial charge is 0.352 e. The quantitative estimate of drug-likeness (QED) is 0.637. The number of piperazine rings is 2. The fourth-order valence-corrected chi connectivity index (χ4v) is 7.00. The number of halogens is 1. The van der Waals surface area contributed by atoms with Gasteiger partial charge in [0.25, 0.3) is 0 Å². The summed E-state index contributed by atoms with van der Waals surface area (Å²) >= 11 is 0. The maximum Gasteiger partial charge on any atom is 0.246 e. The molecule has 5 rings (SSSR count). The molecule has 2 saturated carbocycles. The molecule has 0 bridgehead atoms. The van der Waals surface area contributed by atoms with Crippen molar-refractivity contribution in [2.75, 3.05) is 33.2 Å². The van der Waals surface area contributed by atoms with Crippen molar-refractivity contribution in [2.45, 2.75) is 88.3 Å². The lowest BCUT2D eigenvalue weighted by Crippen LogP contribution is -2.67. The zero-order valence-electron chi connectivity index (χ0n) is 19.8. The van der Waals surface area contributed by atoms with E-state index < -0.39 is 6.17 Å². The second-order valence-electron chi connectivity index (χ2n) is 11.0. The summed E-state index contributed by atoms with van der Waals surface area (Å²) < 4.78 is 14.4. The highest BCUT2D eigenvalue weighted by molar-refractivity contribution is 5.95. The summed E-state index contributed by atoms with van der Waals surface area (Å²) in [5.74, 6) is 0.424. The van der Waals surface area contributed by atoms with Crippen molar-refractivity contribution >= 4 is 17.7 Å². The number of amides is 3. The summed E-state index contributed by atoms with van der Waals surface area (Å²) in [5.41, 5.74) is 0. The van der Waals surface area contributed by atoms with Gasteiger partial charge >= 0.3 is 0 Å². The van der Waals surface area contributed by atoms with Crippen LogP contribution in [0.1, 0.15) is 51.9 Å². The number of carbonyl (C=O) groups excluding carboxylic acids is 3. The third-order valence-electron chi connectivity index (χ3n) is 8.93. The summed E-state index contributed by atoms with van der Waals surface area (Å²) in [4.78, 5) is 43.7. The Bertz CT molecular complexity index is 778. The van der Waals surface area contributed by atoms with Crippen LogP contribution in [0.15, 0.2) is 0 Å². The summed E-state index contributed by atoms with van der Waals surface area (Å²) in [7, 11) is 1.70. The van der Waals surface area contributed by atoms with Crippen molar-refractivity contribution < 1.29 is 18.8 Å². The van der Waals surface area contributed by atoms with Crippen molar-refractivity contribution in [3.05, 3.63) is 0 Å². The number of rotatable bonds is 3. The van der Waals surface area contributed by atoms with Gasteiger partial charge in [0.15, 0.2) is 0 Å². The number of hydrogen-bond acceptors (Lipinski definition) is 5. The van der Waals surface area contributed by atoms with E-state index in [9.17, 15) is 18.8 Å². The topological polar surface area (TPSA) is 85.0 Å². The van der Waals surface area contributed by atoms with Gasteiger partial charge in [0.05, 0.1) is 12.6 Å². The molecule has 0 aromatic carbocycles. The van der Waals surface area contributed by atoms with E-state index in [2.05, 4.69) is 22.5 Å². The summed E-state index contributed by atoms with van der Waals surface area (Å²) in [6.45, 7) is 4.27. The zero-order chi connectivity index (χ0) is 23.3. The van der Waals surface area contributed by atoms with Crippen LogP contribution < -0.4 is 10.6 Å². The monoisotopic (exact) mass is 463 g/mol. The van der Waals surface area contributed by atoms with Gasteiger partial charge in [-0.3, -0.25) is 19.3 Å². The van der Waals surface area contributed by atoms with Crippen LogP contribution in [-0.2, 0) is 14.4 Å². The number of hydrogen-bond donors (Lipinski definition) is 2. The Kier molecular flexibility index (Phi) is 6.37. The third-order valence-corrected chi connectivity index (χ3v) is 8.93. The lowest BCUT2D eigenvalue weighted by atomic mass is 9.77. The maximum absolute atomic E-state index is 14.4. The van der Waals surface area contributed by atoms with Crippen LogP contribution in [0.2, 0.25) is 0 Å². The molecule has 184 valence electrons. The standard InChI is InChI=1S/C24H38FN5O3/c1-14-6-7-18(25)17-11-19(27-22(14)17)23(32)26-15-4-3-5-16(10-15)29-8-9-30-20(12-29)24(33)28(2)13-21(30)31/h14-20,22,27H,3-13H2,1-2H3,(H,26,32)/t14?,15-,16+,17?,18?,19?,20+,22?/m1/s1. The second kappa shape index (κ2) is 9.13. The van der Waals surface area contributed by atoms with Crippen molar-refractivity contribution in [3.63, 3.8) is 0 Å². The fourth-order valence-electron chi connectivity index (χ4n) is 7.00. The molecule has 8 atom stereocenters. The minimum atomic E-state index is -0.803. The number of nitrogens with zero attached hydrogens (tertiary/aromatic N) is 3. The van der Waals surface area contributed by atoms with Gasteiger partial charge in [-0.1, -0.05) is 6.92 Å². The first-order chi connectivity index (χ1) is 15.8. The molecule has 33 heavy (non-hydrogen) atoms. The molecule has 8 nitrogen and oxygen atoms in total. The summed E-state index contributed by atoms with van der Waals surface area (Å²) in [6, 6.07) is -0.182. The molecule has 9 heteroatoms. The van der Waals surface area contributed by atoms with E-state index >= 15 is 0 Å². The minimum absolute atomic E-state index is 0.00829. The van der Waals surface area contributed by atoms with Gasteiger partial charge in [-0.2, -0.15) is 0 Å². The van der Waals surface area contributed by atoms with Gasteiger partial charge in [-0.05, 0) is 50.9 Å². The van der Waals surface area contributed by atoms with E-state index in [0.29, 0.717) is 37.9 Å². The highest BCUT2D eigenvalue weighted by Gasteiger charge is 2.47. The van der Waals surface area contributed by atoms with Crippen molar-refractivity contribution in [1.29, 1.82) is 0 Å². The Balaban J connectivity index is 1.16. The Morgan fingerprint density at radius 1 is 1.12 bits per heavy atom. The van der Waals surface area contributed by atoms with E-state index in [1.54, 1.807) is 11.9 Å². The van der Waals surface area contributed by atoms with Crippen LogP contribution in [0.3, 0.4) is 0 Å². The molecule has 2 N–H and O–H groups in total. The number of fused-ring (bicyclic) bond motifs is 2. The average molecular weight is 464 g/mol. The van der Waals surface area contributed by atoms with E-state index in [1.807, 2.05) is 0 Å². The van der Waals surface area contributed by atoms with Crippen molar-refractivity contribution in [2.24, 2.45) is 11.8 Å². The van der Waals surface area contributed by atoms with Crippen LogP contribution in [-0.4, -0.2) is 102 Å². The Labute approximate surface area is 195 Å². The molecule has 0 aromatic rings. The van der Waals surface area contributed by atoms with Crippen LogP contribution in [0, 0.1) is 11.8 Å². The molecule has 0 radical (unpaired) electrons. The maximum atomic E-state index is 14.4. The number of nitrogens with one attached hydrogen (secondary N) is 2. The smallest absolute Gasteiger partial charge is 0.246 e. The van der Waals surface area contributed by atoms with Crippen LogP contribution in [0.5, 0.6) is 0 Å². The Morgan fingerprint density at radius 2 is 1.94 bits per heavy atom. The molecule has 5 fully saturated rings. The highest BCUT2D eigenvalue weighted by Crippen LogP contribution is 2.38. The fraction of sp³-hybridized carbons (Fsp3) is 0.875. The average Bonchev–Trinajstić information content (AvgIpc) is 3.27. The predicted octanol–water partition coefficient (Wildman–Crippen LogP) is 0.513. The summed E-state index contributed by atoms with van der Waals surface area (Å²) in [6.07, 6.45) is 5.16. The third kappa shape index (κ3) is 4.38. The number of carbonyl (C=O) groups is 3. The Hall–Kier alpha value is -1.74. The lowest BCUT2D eigenvalue weighted by Gasteiger charge is -2.48. The first-order valence-electron chi connectivity index (χ1n) is 12.8. The normalized spacial score (nSPS) is 42.2. The first-order valence-corrected chi connectivity index (χ1v) is 12.8. The van der Waals surface area contributed by atoms with E-state index in [1.165, 1.54) is 4.90 Å². The molecule has 3 amide bonds. The van der Waals surface area contributed by atoms with Gasteiger partial charge < -0.3 is 20.4 Å². The van der Waals surface area contributed by atoms with Gasteiger partial charge in [-0.25, -0.2) is 4.39 Å². The van der Waals surface area contributed by atoms with Gasteiger partial charge in [0.1, 0.15) is 12.2 Å². The van der Waals surface area contributed by atoms with Gasteiger partial charge in [-0.15, -0.1) is 0 Å². The second-order valence-corrected chi connectivity index (χ2v) is 11.0. The van der Waals surface area contributed by atoms with Crippen molar-refractivity contribution in [3.8, 4) is 0 Å². The summed E-state index contributed by atoms with van der Waals surface area (Å²) in [5, 5.41) is 6.70. The highest BCUT2D eigenvalue weighted by atomic mass is 19.1. The van der Waals surface area contributed by atoms with E-state index in [4.69, 9.17) is 0 Å². The molecular weight excluding hydrogens is 425 g/mol. The van der Waals surface area contributed by atoms with E-state index in [-0.39, 0.29) is 54.4 Å². The van der Waals surface area contributed by atoms with Crippen LogP contribution >= 0.6 is 0 Å². The molecule has 3 aliphatic heterocycles. The minimum Gasteiger partial charge on any atom is -0.352 e. The van der Waals surface area contributed by atoms with Crippen LogP contribution in [0.25, 0.3) is 0 Å². The zero-order valence-corrected chi connectivity index (χ0v) is 19.8. The molecule has 2 aliphatic carbocycles. The Morgan fingerprint density at radius 3 is 2.73 bits per heavy atom.